The molecule has 6 bridgehead atoms. The number of benzene rings is 8. The number of carbonyl (C=O) groups excluding carboxylic acids is 4. The molecule has 30 heteroatoms. The second-order valence-corrected chi connectivity index (χ2v) is 53.6. The molecule has 6 aliphatic rings. The van der Waals surface area contributed by atoms with Crippen LogP contribution in [0, 0.1) is 11.8 Å². The molecular weight excluding hydrogens is 1370 g/mol. The first kappa shape index (κ1) is 65.0. The molecule has 12 atom stereocenters. The van der Waals surface area contributed by atoms with Crippen LogP contribution < -0.4 is 41.5 Å². The molecule has 482 valence electrons. The molecule has 6 fully saturated rings. The maximum Gasteiger partial charge on any atom is 0.518 e. The van der Waals surface area contributed by atoms with Gasteiger partial charge >= 0.3 is 112 Å². The fourth-order valence-corrected chi connectivity index (χ4v) is 65.1. The largest absolute Gasteiger partial charge is 0.518 e. The van der Waals surface area contributed by atoms with E-state index in [9.17, 15) is 24.0 Å². The van der Waals surface area contributed by atoms with E-state index in [-0.39, 0.29) is 55.8 Å². The van der Waals surface area contributed by atoms with Crippen molar-refractivity contribution in [2.24, 2.45) is 11.8 Å². The predicted octanol–water partition coefficient (Wildman–Crippen LogP) is 4.18. The van der Waals surface area contributed by atoms with E-state index in [0.29, 0.717) is 36.3 Å². The van der Waals surface area contributed by atoms with Gasteiger partial charge in [0.1, 0.15) is 0 Å². The minimum Gasteiger partial charge on any atom is -0.393 e. The molecule has 20 nitrogen and oxygen atoms in total. The van der Waals surface area contributed by atoms with Crippen molar-refractivity contribution in [1.82, 2.24) is 0 Å². The van der Waals surface area contributed by atoms with Crippen molar-refractivity contribution in [2.45, 2.75) is 63.7 Å². The van der Waals surface area contributed by atoms with E-state index in [1.807, 2.05) is 219 Å². The molecule has 0 aromatic heterocycles. The average Bonchev–Trinajstić information content (AvgIpc) is 0.711. The third-order valence-electron chi connectivity index (χ3n) is 17.1. The summed E-state index contributed by atoms with van der Waals surface area (Å²) in [6, 6.07) is 73.8. The zero-order valence-corrected chi connectivity index (χ0v) is 61.3. The average molecular weight is 1440 g/mol. The van der Waals surface area contributed by atoms with Gasteiger partial charge in [0, 0.05) is 36.3 Å². The van der Waals surface area contributed by atoms with Crippen molar-refractivity contribution < 1.29 is 86.9 Å². The summed E-state index contributed by atoms with van der Waals surface area (Å²) < 4.78 is 118. The van der Waals surface area contributed by atoms with Gasteiger partial charge in [-0.2, -0.15) is 0 Å². The molecule has 6 heterocycles. The Bertz CT molecular complexity index is 3990. The number of carbonyl (C=O) groups is 4. The fraction of sp³-hybridized carbons (Fsp3) is 0.188. The Balaban J connectivity index is 1.16. The van der Waals surface area contributed by atoms with Crippen molar-refractivity contribution in [3.05, 3.63) is 243 Å². The van der Waals surface area contributed by atoms with Gasteiger partial charge in [0.2, 0.25) is 0 Å². The molecule has 0 radical (unpaired) electrons. The first-order chi connectivity index (χ1) is 45.5. The van der Waals surface area contributed by atoms with Crippen LogP contribution in [0.25, 0.3) is 0 Å². The zero-order chi connectivity index (χ0) is 64.7. The number of rotatable bonds is 16. The Morgan fingerprint density at radius 2 is 0.606 bits per heavy atom. The lowest BCUT2D eigenvalue weighted by atomic mass is 10.0. The van der Waals surface area contributed by atoms with Crippen LogP contribution in [0.3, 0.4) is 0 Å². The molecule has 14 rings (SSSR count). The van der Waals surface area contributed by atoms with Crippen LogP contribution in [0.5, 0.6) is 0 Å². The van der Waals surface area contributed by atoms with Gasteiger partial charge in [-0.05, 0) is 43.2 Å². The molecule has 12 unspecified atom stereocenters. The first-order valence-corrected chi connectivity index (χ1v) is 49.9. The molecule has 6 saturated heterocycles. The minimum atomic E-state index is -5.53. The van der Waals surface area contributed by atoms with Gasteiger partial charge in [-0.15, -0.1) is 0 Å². The summed E-state index contributed by atoms with van der Waals surface area (Å²) in [6.45, 7) is 3.71. The molecule has 1 N–H and O–H groups in total. The number of fused-ring (bicyclic) bond motifs is 6. The van der Waals surface area contributed by atoms with Crippen molar-refractivity contribution >= 4 is 153 Å². The van der Waals surface area contributed by atoms with Gasteiger partial charge in [-0.3, -0.25) is 19.2 Å². The Hall–Kier alpha value is -6.35. The van der Waals surface area contributed by atoms with E-state index >= 15 is 0 Å². The summed E-state index contributed by atoms with van der Waals surface area (Å²) >= 11 is 0. The highest BCUT2D eigenvalue weighted by Crippen LogP contribution is 2.45. The predicted molar refractivity (Wildman–Crippen MR) is 362 cm³/mol. The van der Waals surface area contributed by atoms with Gasteiger partial charge in [0.15, 0.2) is 0 Å². The van der Waals surface area contributed by atoms with Gasteiger partial charge in [0.25, 0.3) is 0 Å². The fourth-order valence-electron chi connectivity index (χ4n) is 12.6. The molecule has 0 amide bonds. The molecular formula is C64H66O20Si10. The lowest BCUT2D eigenvalue weighted by Gasteiger charge is -2.57. The summed E-state index contributed by atoms with van der Waals surface area (Å²) in [5.74, 6) is -3.98. The second kappa shape index (κ2) is 26.2. The highest BCUT2D eigenvalue weighted by Gasteiger charge is 2.79. The van der Waals surface area contributed by atoms with E-state index in [1.54, 1.807) is 36.4 Å². The van der Waals surface area contributed by atoms with Crippen LogP contribution >= 0.6 is 0 Å². The SMILES string of the molecule is C[Si]1(CCCC2CC(=O)OC2=O)O[Si](O)(c2ccccc2)O[Si]2(c3ccccc3)O[Si]3(c4ccccc4)O[SiH](c4ccccc4)O[Si]4(c5ccccc5)O[Si](c5ccccc5)(O1)O[Si](c1ccccc1)(O[Si](c1ccccc1)(O[Si](C)(CCCC1CC(=O)OC1=O)O3)O4)O2. The standard InChI is InChI=1S/C64H66O20Si10/c1-86(47-27-29-51-49-61(65)70-63(51)67)74-88(69,54-33-13-4-14-34-54)78-93(59-43-23-9-24-44-59)79-89(55-35-15-5-16-36-55)72-85(53-31-11-3-12-32-53)73-90(56-37-17-6-18-38-56)80-91(76-86,57-39-19-7-20-40-57)82-94(84-93,60-45-25-10-26-46-60)83-92(81-90,58-41-21-8-22-42-58)77-87(2,75-89)48-28-30-52-50-62(66)71-64(52)68/h3-26,31-46,51-52,69,85H,27-30,47-50H2,1-2H3. The number of ether oxygens (including phenoxy) is 2. The normalized spacial score (nSPS) is 33.4. The lowest BCUT2D eigenvalue weighted by molar-refractivity contribution is -0.155. The topological polar surface area (TPSA) is 227 Å². The van der Waals surface area contributed by atoms with E-state index in [1.165, 1.54) is 0 Å². The number of hydrogen-bond acceptors (Lipinski definition) is 20. The molecule has 0 aliphatic carbocycles. The van der Waals surface area contributed by atoms with Gasteiger partial charge < -0.3 is 67.8 Å². The van der Waals surface area contributed by atoms with Crippen LogP contribution in [0.1, 0.15) is 38.5 Å². The Labute approximate surface area is 555 Å². The minimum absolute atomic E-state index is 0.0353. The highest BCUT2D eigenvalue weighted by atomic mass is 28.6. The highest BCUT2D eigenvalue weighted by molar-refractivity contribution is 7.10. The molecule has 94 heavy (non-hydrogen) atoms. The van der Waals surface area contributed by atoms with E-state index in [4.69, 9.17) is 63.0 Å². The van der Waals surface area contributed by atoms with Crippen LogP contribution in [-0.2, 0) is 82.1 Å². The van der Waals surface area contributed by atoms with Crippen LogP contribution in [0.2, 0.25) is 25.2 Å². The smallest absolute Gasteiger partial charge is 0.393 e. The van der Waals surface area contributed by atoms with E-state index in [0.717, 1.165) is 0 Å². The quantitative estimate of drug-likeness (QED) is 0.0813. The first-order valence-electron chi connectivity index (χ1n) is 31.2. The monoisotopic (exact) mass is 1430 g/mol. The number of esters is 4. The molecule has 8 aromatic rings. The summed E-state index contributed by atoms with van der Waals surface area (Å²) in [6.07, 6.45) is 0.644. The van der Waals surface area contributed by atoms with Crippen LogP contribution in [-0.4, -0.2) is 117 Å². The van der Waals surface area contributed by atoms with E-state index in [2.05, 4.69) is 0 Å². The van der Waals surface area contributed by atoms with Gasteiger partial charge in [0.05, 0.1) is 24.7 Å². The number of hydrogen-bond donors (Lipinski definition) is 1. The molecule has 8 aromatic carbocycles. The van der Waals surface area contributed by atoms with Crippen LogP contribution in [0.4, 0.5) is 0 Å². The third kappa shape index (κ3) is 13.0. The third-order valence-corrected chi connectivity index (χ3v) is 58.4. The summed E-state index contributed by atoms with van der Waals surface area (Å²) in [7, 11) is -49.9. The summed E-state index contributed by atoms with van der Waals surface area (Å²) in [5.41, 5.74) is 0. The van der Waals surface area contributed by atoms with Crippen molar-refractivity contribution in [3.63, 3.8) is 0 Å². The summed E-state index contributed by atoms with van der Waals surface area (Å²) in [5, 5.41) is 3.14. The molecule has 0 saturated carbocycles. The lowest BCUT2D eigenvalue weighted by Crippen LogP contribution is -2.89. The van der Waals surface area contributed by atoms with Crippen molar-refractivity contribution in [1.29, 1.82) is 0 Å². The maximum absolute atomic E-state index is 14.8. The Kier molecular flexibility index (Phi) is 18.1. The van der Waals surface area contributed by atoms with Crippen molar-refractivity contribution in [3.8, 4) is 0 Å². The number of cyclic esters (lactones) is 4. The van der Waals surface area contributed by atoms with Crippen LogP contribution in [0.15, 0.2) is 243 Å². The molecule has 0 spiro atoms. The van der Waals surface area contributed by atoms with Gasteiger partial charge in [-0.25, -0.2) is 0 Å². The second-order valence-electron chi connectivity index (χ2n) is 24.0. The Morgan fingerprint density at radius 1 is 0.340 bits per heavy atom. The van der Waals surface area contributed by atoms with Crippen molar-refractivity contribution in [2.75, 3.05) is 0 Å². The maximum atomic E-state index is 14.8. The van der Waals surface area contributed by atoms with E-state index < -0.39 is 124 Å². The zero-order valence-electron chi connectivity index (χ0n) is 51.2. The summed E-state index contributed by atoms with van der Waals surface area (Å²) in [4.78, 5) is 66.9. The Morgan fingerprint density at radius 3 is 0.947 bits per heavy atom. The molecule has 6 aliphatic heterocycles. The van der Waals surface area contributed by atoms with Gasteiger partial charge in [-0.1, -0.05) is 255 Å².